The molecule has 0 spiro atoms. The van der Waals surface area contributed by atoms with Gasteiger partial charge in [-0.25, -0.2) is 9.97 Å². The first kappa shape index (κ1) is 16.9. The molecule has 2 aliphatic rings. The largest absolute Gasteiger partial charge is 0.393 e. The molecule has 2 N–H and O–H groups in total. The smallest absolute Gasteiger partial charge is 0.257 e. The lowest BCUT2D eigenvalue weighted by Gasteiger charge is -2.28. The van der Waals surface area contributed by atoms with E-state index in [-0.39, 0.29) is 17.9 Å². The van der Waals surface area contributed by atoms with E-state index in [1.165, 1.54) is 0 Å². The lowest BCUT2D eigenvalue weighted by Crippen LogP contribution is -2.32. The fraction of sp³-hybridized carbons (Fsp3) is 0.474. The second-order valence-electron chi connectivity index (χ2n) is 7.14. The van der Waals surface area contributed by atoms with Crippen LogP contribution in [0.1, 0.15) is 35.2 Å². The minimum Gasteiger partial charge on any atom is -0.393 e. The van der Waals surface area contributed by atoms with Crippen LogP contribution >= 0.6 is 0 Å². The first-order valence-electron chi connectivity index (χ1n) is 9.13. The van der Waals surface area contributed by atoms with Crippen molar-refractivity contribution in [3.05, 3.63) is 48.0 Å². The second kappa shape index (κ2) is 7.37. The summed E-state index contributed by atoms with van der Waals surface area (Å²) in [7, 11) is 0. The Bertz CT molecular complexity index is 752. The summed E-state index contributed by atoms with van der Waals surface area (Å²) in [6.45, 7) is 1.93. The zero-order valence-electron chi connectivity index (χ0n) is 14.6. The minimum absolute atomic E-state index is 0.0505. The zero-order valence-corrected chi connectivity index (χ0v) is 14.6. The van der Waals surface area contributed by atoms with Gasteiger partial charge in [0.25, 0.3) is 5.91 Å². The van der Waals surface area contributed by atoms with E-state index in [4.69, 9.17) is 0 Å². The Labute approximate surface area is 152 Å². The molecule has 0 radical (unpaired) electrons. The molecular weight excluding hydrogens is 330 g/mol. The van der Waals surface area contributed by atoms with Crippen molar-refractivity contribution < 1.29 is 9.90 Å². The SMILES string of the molecule is O=C(c1cnc(NCc2cccnc2)nc1)N1C[C@H]2CCC[C@@H](O)[C@H]2C1. The predicted octanol–water partition coefficient (Wildman–Crippen LogP) is 1.72. The number of rotatable bonds is 4. The van der Waals surface area contributed by atoms with Crippen LogP contribution in [0.4, 0.5) is 5.95 Å². The van der Waals surface area contributed by atoms with Gasteiger partial charge in [0.05, 0.1) is 11.7 Å². The maximum atomic E-state index is 12.7. The van der Waals surface area contributed by atoms with Crippen LogP contribution < -0.4 is 5.32 Å². The van der Waals surface area contributed by atoms with Crippen molar-refractivity contribution >= 4 is 11.9 Å². The number of aromatic nitrogens is 3. The minimum atomic E-state index is -0.276. The van der Waals surface area contributed by atoms with Gasteiger partial charge < -0.3 is 15.3 Å². The Morgan fingerprint density at radius 2 is 2.08 bits per heavy atom. The Balaban J connectivity index is 1.37. The monoisotopic (exact) mass is 353 g/mol. The van der Waals surface area contributed by atoms with E-state index in [0.717, 1.165) is 31.4 Å². The van der Waals surface area contributed by atoms with Crippen LogP contribution in [0.2, 0.25) is 0 Å². The summed E-state index contributed by atoms with van der Waals surface area (Å²) in [4.78, 5) is 27.1. The third-order valence-electron chi connectivity index (χ3n) is 5.42. The topological polar surface area (TPSA) is 91.2 Å². The van der Waals surface area contributed by atoms with Crippen LogP contribution in [-0.4, -0.2) is 50.1 Å². The summed E-state index contributed by atoms with van der Waals surface area (Å²) in [6, 6.07) is 3.85. The van der Waals surface area contributed by atoms with Crippen molar-refractivity contribution in [2.75, 3.05) is 18.4 Å². The van der Waals surface area contributed by atoms with E-state index >= 15 is 0 Å². The van der Waals surface area contributed by atoms with Crippen molar-refractivity contribution in [1.82, 2.24) is 19.9 Å². The molecule has 26 heavy (non-hydrogen) atoms. The number of carbonyl (C=O) groups excluding carboxylic acids is 1. The Kier molecular flexibility index (Phi) is 4.79. The molecule has 4 rings (SSSR count). The number of anilines is 1. The number of pyridine rings is 1. The number of aliphatic hydroxyl groups excluding tert-OH is 1. The molecule has 3 atom stereocenters. The molecule has 1 amide bonds. The molecular formula is C19H23N5O2. The lowest BCUT2D eigenvalue weighted by molar-refractivity contribution is 0.0539. The quantitative estimate of drug-likeness (QED) is 0.870. The summed E-state index contributed by atoms with van der Waals surface area (Å²) < 4.78 is 0. The fourth-order valence-electron chi connectivity index (χ4n) is 4.00. The van der Waals surface area contributed by atoms with Crippen LogP contribution in [0.5, 0.6) is 0 Å². The highest BCUT2D eigenvalue weighted by Crippen LogP contribution is 2.36. The third-order valence-corrected chi connectivity index (χ3v) is 5.42. The number of nitrogens with one attached hydrogen (secondary N) is 1. The third kappa shape index (κ3) is 3.53. The first-order valence-corrected chi connectivity index (χ1v) is 9.13. The highest BCUT2D eigenvalue weighted by molar-refractivity contribution is 5.93. The summed E-state index contributed by atoms with van der Waals surface area (Å²) in [5.41, 5.74) is 1.53. The molecule has 0 bridgehead atoms. The van der Waals surface area contributed by atoms with Gasteiger partial charge in [0.2, 0.25) is 5.95 Å². The Hall–Kier alpha value is -2.54. The van der Waals surface area contributed by atoms with Crippen molar-refractivity contribution in [2.45, 2.75) is 31.9 Å². The number of likely N-dealkylation sites (tertiary alicyclic amines) is 1. The average molecular weight is 353 g/mol. The van der Waals surface area contributed by atoms with Crippen molar-refractivity contribution in [1.29, 1.82) is 0 Å². The first-order chi connectivity index (χ1) is 12.7. The number of carbonyl (C=O) groups is 1. The van der Waals surface area contributed by atoms with Crippen molar-refractivity contribution in [2.24, 2.45) is 11.8 Å². The van der Waals surface area contributed by atoms with E-state index in [2.05, 4.69) is 20.3 Å². The molecule has 1 aliphatic heterocycles. The van der Waals surface area contributed by atoms with E-state index in [9.17, 15) is 9.90 Å². The lowest BCUT2D eigenvalue weighted by atomic mass is 9.80. The zero-order chi connectivity index (χ0) is 17.9. The van der Waals surface area contributed by atoms with Gasteiger partial charge in [-0.1, -0.05) is 12.5 Å². The molecule has 3 heterocycles. The van der Waals surface area contributed by atoms with Gasteiger partial charge in [-0.15, -0.1) is 0 Å². The Morgan fingerprint density at radius 3 is 2.81 bits per heavy atom. The van der Waals surface area contributed by atoms with Gasteiger partial charge in [0, 0.05) is 50.3 Å². The maximum absolute atomic E-state index is 12.7. The van der Waals surface area contributed by atoms with Crippen LogP contribution in [0.15, 0.2) is 36.9 Å². The molecule has 2 aromatic heterocycles. The van der Waals surface area contributed by atoms with Gasteiger partial charge in [-0.3, -0.25) is 9.78 Å². The van der Waals surface area contributed by atoms with Crippen LogP contribution in [0.3, 0.4) is 0 Å². The molecule has 0 unspecified atom stereocenters. The van der Waals surface area contributed by atoms with Crippen molar-refractivity contribution in [3.8, 4) is 0 Å². The van der Waals surface area contributed by atoms with Gasteiger partial charge >= 0.3 is 0 Å². The van der Waals surface area contributed by atoms with Gasteiger partial charge in [0.1, 0.15) is 0 Å². The van der Waals surface area contributed by atoms with Crippen LogP contribution in [0.25, 0.3) is 0 Å². The highest BCUT2D eigenvalue weighted by atomic mass is 16.3. The molecule has 7 nitrogen and oxygen atoms in total. The molecule has 1 aliphatic carbocycles. The summed E-state index contributed by atoms with van der Waals surface area (Å²) >= 11 is 0. The number of hydrogen-bond donors (Lipinski definition) is 2. The van der Waals surface area contributed by atoms with Crippen molar-refractivity contribution in [3.63, 3.8) is 0 Å². The van der Waals surface area contributed by atoms with Crippen LogP contribution in [0, 0.1) is 11.8 Å². The molecule has 1 saturated heterocycles. The van der Waals surface area contributed by atoms with Gasteiger partial charge in [0.15, 0.2) is 0 Å². The normalized spacial score (nSPS) is 25.0. The highest BCUT2D eigenvalue weighted by Gasteiger charge is 2.41. The average Bonchev–Trinajstić information content (AvgIpc) is 3.13. The van der Waals surface area contributed by atoms with Gasteiger partial charge in [-0.2, -0.15) is 0 Å². The van der Waals surface area contributed by atoms with E-state index in [1.54, 1.807) is 24.8 Å². The number of aliphatic hydroxyl groups is 1. The molecule has 2 aromatic rings. The standard InChI is InChI=1S/C19H23N5O2/c25-17-5-1-4-14-11-24(12-16(14)17)18(26)15-9-22-19(23-10-15)21-8-13-3-2-6-20-7-13/h2-3,6-7,9-10,14,16-17,25H,1,4-5,8,11-12H2,(H,21,22,23)/t14-,16+,17-/m1/s1. The van der Waals surface area contributed by atoms with E-state index in [0.29, 0.717) is 30.5 Å². The number of hydrogen-bond acceptors (Lipinski definition) is 6. The maximum Gasteiger partial charge on any atom is 0.257 e. The molecule has 1 saturated carbocycles. The molecule has 0 aromatic carbocycles. The second-order valence-corrected chi connectivity index (χ2v) is 7.14. The number of fused-ring (bicyclic) bond motifs is 1. The van der Waals surface area contributed by atoms with Crippen LogP contribution in [-0.2, 0) is 6.54 Å². The molecule has 7 heteroatoms. The fourth-order valence-corrected chi connectivity index (χ4v) is 4.00. The number of amides is 1. The molecule has 2 fully saturated rings. The molecule has 136 valence electrons. The summed E-state index contributed by atoms with van der Waals surface area (Å²) in [5.74, 6) is 1.07. The van der Waals surface area contributed by atoms with E-state index in [1.807, 2.05) is 17.0 Å². The summed E-state index contributed by atoms with van der Waals surface area (Å²) in [5, 5.41) is 13.3. The predicted molar refractivity (Wildman–Crippen MR) is 96.3 cm³/mol. The van der Waals surface area contributed by atoms with Gasteiger partial charge in [-0.05, 0) is 30.4 Å². The Morgan fingerprint density at radius 1 is 1.23 bits per heavy atom. The number of nitrogens with zero attached hydrogens (tertiary/aromatic N) is 4. The van der Waals surface area contributed by atoms with E-state index < -0.39 is 0 Å². The summed E-state index contributed by atoms with van der Waals surface area (Å²) in [6.07, 6.45) is 9.37.